The summed E-state index contributed by atoms with van der Waals surface area (Å²) in [6.45, 7) is 2.81. The van der Waals surface area contributed by atoms with Crippen molar-refractivity contribution in [3.8, 4) is 5.75 Å². The first-order valence-electron chi connectivity index (χ1n) is 6.53. The number of nitrogens with zero attached hydrogens (tertiary/aromatic N) is 1. The Bertz CT molecular complexity index is 489. The number of hydrazine groups is 2. The molecule has 1 heterocycles. The molecule has 3 N–H and O–H groups in total. The average molecular weight is 310 g/mol. The van der Waals surface area contributed by atoms with Crippen molar-refractivity contribution in [2.24, 2.45) is 0 Å². The van der Waals surface area contributed by atoms with Crippen LogP contribution in [0.3, 0.4) is 0 Å². The average Bonchev–Trinajstić information content (AvgIpc) is 2.53. The quantitative estimate of drug-likeness (QED) is 0.538. The third kappa shape index (κ3) is 4.85. The molecule has 1 aliphatic rings. The molecule has 0 atom stereocenters. The number of nitrogens with one attached hydrogen (secondary N) is 3. The molecular weight excluding hydrogens is 292 g/mol. The van der Waals surface area contributed by atoms with Gasteiger partial charge in [-0.25, -0.2) is 5.01 Å². The number of rotatable bonds is 3. The number of methoxy groups -OCH3 is 1. The lowest BCUT2D eigenvalue weighted by molar-refractivity contribution is 0.0245. The van der Waals surface area contributed by atoms with Crippen molar-refractivity contribution in [3.05, 3.63) is 29.8 Å². The van der Waals surface area contributed by atoms with Gasteiger partial charge in [0.1, 0.15) is 5.75 Å². The lowest BCUT2D eigenvalue weighted by Crippen LogP contribution is -2.55. The highest BCUT2D eigenvalue weighted by Crippen LogP contribution is 2.10. The van der Waals surface area contributed by atoms with Gasteiger partial charge in [-0.05, 0) is 36.5 Å². The van der Waals surface area contributed by atoms with Crippen LogP contribution in [0.25, 0.3) is 0 Å². The lowest BCUT2D eigenvalue weighted by Gasteiger charge is -2.28. The second-order valence-corrected chi connectivity index (χ2v) is 4.76. The van der Waals surface area contributed by atoms with E-state index in [0.29, 0.717) is 29.6 Å². The van der Waals surface area contributed by atoms with Gasteiger partial charge in [-0.3, -0.25) is 21.1 Å². The molecule has 8 heteroatoms. The van der Waals surface area contributed by atoms with E-state index in [4.69, 9.17) is 21.7 Å². The normalized spacial score (nSPS) is 15.1. The van der Waals surface area contributed by atoms with Crippen LogP contribution in [-0.2, 0) is 4.74 Å². The first kappa shape index (κ1) is 15.5. The molecule has 1 aromatic carbocycles. The van der Waals surface area contributed by atoms with E-state index in [0.717, 1.165) is 13.1 Å². The van der Waals surface area contributed by atoms with E-state index in [2.05, 4.69) is 16.3 Å². The zero-order valence-corrected chi connectivity index (χ0v) is 12.5. The predicted molar refractivity (Wildman–Crippen MR) is 81.7 cm³/mol. The van der Waals surface area contributed by atoms with Gasteiger partial charge in [0.15, 0.2) is 5.11 Å². The van der Waals surface area contributed by atoms with Crippen molar-refractivity contribution < 1.29 is 14.3 Å². The number of ether oxygens (including phenoxy) is 2. The maximum absolute atomic E-state index is 11.9. The monoisotopic (exact) mass is 310 g/mol. The molecule has 0 bridgehead atoms. The van der Waals surface area contributed by atoms with Gasteiger partial charge in [0.05, 0.1) is 20.3 Å². The standard InChI is InChI=1S/C13H18N4O3S/c1-19-11-4-2-10(3-5-11)12(18)14-15-13(21)16-17-6-8-20-9-7-17/h2-5H,6-9H2,1H3,(H,14,18)(H2,15,16,21). The van der Waals surface area contributed by atoms with Crippen molar-refractivity contribution in [1.82, 2.24) is 21.3 Å². The molecule has 114 valence electrons. The second-order valence-electron chi connectivity index (χ2n) is 4.35. The zero-order chi connectivity index (χ0) is 15.1. The molecule has 1 amide bonds. The molecule has 1 aliphatic heterocycles. The molecule has 0 saturated carbocycles. The number of hydrogen-bond donors (Lipinski definition) is 3. The van der Waals surface area contributed by atoms with Crippen molar-refractivity contribution >= 4 is 23.2 Å². The summed E-state index contributed by atoms with van der Waals surface area (Å²) in [6.07, 6.45) is 0. The molecular formula is C13H18N4O3S. The Kier molecular flexibility index (Phi) is 5.73. The van der Waals surface area contributed by atoms with Crippen molar-refractivity contribution in [2.45, 2.75) is 0 Å². The summed E-state index contributed by atoms with van der Waals surface area (Å²) >= 11 is 5.10. The van der Waals surface area contributed by atoms with E-state index < -0.39 is 0 Å². The van der Waals surface area contributed by atoms with Crippen LogP contribution < -0.4 is 21.0 Å². The summed E-state index contributed by atoms with van der Waals surface area (Å²) in [5, 5.41) is 2.26. The fourth-order valence-corrected chi connectivity index (χ4v) is 1.95. The molecule has 2 rings (SSSR count). The van der Waals surface area contributed by atoms with Gasteiger partial charge < -0.3 is 9.47 Å². The Labute approximate surface area is 128 Å². The van der Waals surface area contributed by atoms with Gasteiger partial charge in [0, 0.05) is 18.7 Å². The minimum Gasteiger partial charge on any atom is -0.497 e. The van der Waals surface area contributed by atoms with E-state index in [1.807, 2.05) is 5.01 Å². The van der Waals surface area contributed by atoms with Gasteiger partial charge >= 0.3 is 0 Å². The maximum atomic E-state index is 11.9. The summed E-state index contributed by atoms with van der Waals surface area (Å²) < 4.78 is 10.3. The van der Waals surface area contributed by atoms with E-state index >= 15 is 0 Å². The van der Waals surface area contributed by atoms with Crippen molar-refractivity contribution in [1.29, 1.82) is 0 Å². The van der Waals surface area contributed by atoms with Crippen LogP contribution in [0, 0.1) is 0 Å². The smallest absolute Gasteiger partial charge is 0.269 e. The van der Waals surface area contributed by atoms with Gasteiger partial charge in [-0.15, -0.1) is 0 Å². The second kappa shape index (κ2) is 7.77. The highest BCUT2D eigenvalue weighted by Gasteiger charge is 2.11. The minimum absolute atomic E-state index is 0.274. The Balaban J connectivity index is 1.75. The topological polar surface area (TPSA) is 74.9 Å². The van der Waals surface area contributed by atoms with Crippen LogP contribution in [0.5, 0.6) is 5.75 Å². The van der Waals surface area contributed by atoms with Crippen LogP contribution in [0.2, 0.25) is 0 Å². The molecule has 0 aliphatic carbocycles. The third-order valence-corrected chi connectivity index (χ3v) is 3.11. The number of amides is 1. The van der Waals surface area contributed by atoms with Crippen LogP contribution >= 0.6 is 12.2 Å². The number of morpholine rings is 1. The summed E-state index contributed by atoms with van der Waals surface area (Å²) in [5.41, 5.74) is 8.69. The van der Waals surface area contributed by atoms with Gasteiger partial charge in [-0.1, -0.05) is 0 Å². The summed E-state index contributed by atoms with van der Waals surface area (Å²) in [5.74, 6) is 0.424. The number of hydrogen-bond acceptors (Lipinski definition) is 5. The summed E-state index contributed by atoms with van der Waals surface area (Å²) in [7, 11) is 1.58. The highest BCUT2D eigenvalue weighted by molar-refractivity contribution is 7.80. The minimum atomic E-state index is -0.274. The fourth-order valence-electron chi connectivity index (χ4n) is 1.77. The van der Waals surface area contributed by atoms with Gasteiger partial charge in [0.2, 0.25) is 0 Å². The molecule has 7 nitrogen and oxygen atoms in total. The Morgan fingerprint density at radius 2 is 1.90 bits per heavy atom. The van der Waals surface area contributed by atoms with Crippen LogP contribution in [-0.4, -0.2) is 49.4 Å². The van der Waals surface area contributed by atoms with Crippen molar-refractivity contribution in [2.75, 3.05) is 33.4 Å². The number of carbonyl (C=O) groups excluding carboxylic acids is 1. The SMILES string of the molecule is COc1ccc(C(=O)NNC(=S)NN2CCOCC2)cc1. The van der Waals surface area contributed by atoms with E-state index in [-0.39, 0.29) is 5.91 Å². The maximum Gasteiger partial charge on any atom is 0.269 e. The summed E-state index contributed by atoms with van der Waals surface area (Å²) in [6, 6.07) is 6.79. The number of benzene rings is 1. The molecule has 21 heavy (non-hydrogen) atoms. The molecule has 0 aromatic heterocycles. The zero-order valence-electron chi connectivity index (χ0n) is 11.7. The predicted octanol–water partition coefficient (Wildman–Crippen LogP) is 0.0513. The molecule has 0 unspecified atom stereocenters. The van der Waals surface area contributed by atoms with E-state index in [1.54, 1.807) is 31.4 Å². The lowest BCUT2D eigenvalue weighted by atomic mass is 10.2. The highest BCUT2D eigenvalue weighted by atomic mass is 32.1. The first-order valence-corrected chi connectivity index (χ1v) is 6.93. The van der Waals surface area contributed by atoms with Crippen LogP contribution in [0.4, 0.5) is 0 Å². The Hall–Kier alpha value is -1.90. The fraction of sp³-hybridized carbons (Fsp3) is 0.385. The summed E-state index contributed by atoms with van der Waals surface area (Å²) in [4.78, 5) is 11.9. The Morgan fingerprint density at radius 3 is 2.52 bits per heavy atom. The van der Waals surface area contributed by atoms with Crippen LogP contribution in [0.1, 0.15) is 10.4 Å². The van der Waals surface area contributed by atoms with Gasteiger partial charge in [0.25, 0.3) is 5.91 Å². The molecule has 0 spiro atoms. The van der Waals surface area contributed by atoms with Crippen LogP contribution in [0.15, 0.2) is 24.3 Å². The molecule has 0 radical (unpaired) electrons. The van der Waals surface area contributed by atoms with E-state index in [1.165, 1.54) is 0 Å². The number of thiocarbonyl (C=S) groups is 1. The molecule has 1 fully saturated rings. The molecule has 1 aromatic rings. The first-order chi connectivity index (χ1) is 10.2. The van der Waals surface area contributed by atoms with E-state index in [9.17, 15) is 4.79 Å². The molecule has 1 saturated heterocycles. The number of carbonyl (C=O) groups is 1. The largest absolute Gasteiger partial charge is 0.497 e. The van der Waals surface area contributed by atoms with Crippen molar-refractivity contribution in [3.63, 3.8) is 0 Å². The van der Waals surface area contributed by atoms with Gasteiger partial charge in [-0.2, -0.15) is 0 Å². The Morgan fingerprint density at radius 1 is 1.24 bits per heavy atom. The third-order valence-electron chi connectivity index (χ3n) is 2.91.